The van der Waals surface area contributed by atoms with E-state index in [0.717, 1.165) is 12.0 Å². The summed E-state index contributed by atoms with van der Waals surface area (Å²) in [7, 11) is 3.14. The highest BCUT2D eigenvalue weighted by atomic mass is 16.6. The maximum Gasteiger partial charge on any atom is 0.314 e. The van der Waals surface area contributed by atoms with Crippen molar-refractivity contribution in [2.75, 3.05) is 14.2 Å². The molecule has 1 saturated heterocycles. The van der Waals surface area contributed by atoms with Gasteiger partial charge in [0.25, 0.3) is 5.91 Å². The van der Waals surface area contributed by atoms with Crippen LogP contribution in [-0.4, -0.2) is 31.7 Å². The van der Waals surface area contributed by atoms with E-state index < -0.39 is 11.5 Å². The Morgan fingerprint density at radius 2 is 1.88 bits per heavy atom. The highest BCUT2D eigenvalue weighted by Gasteiger charge is 2.59. The zero-order valence-electron chi connectivity index (χ0n) is 14.8. The minimum absolute atomic E-state index is 0.0962. The molecule has 1 N–H and O–H groups in total. The Morgan fingerprint density at radius 1 is 1.29 bits per heavy atom. The molecule has 1 heterocycles. The molecular weight excluding hydrogens is 310 g/mol. The lowest BCUT2D eigenvalue weighted by atomic mass is 9.74. The Labute approximate surface area is 142 Å². The Hall–Kier alpha value is -2.24. The fraction of sp³-hybridized carbons (Fsp3) is 0.556. The first-order valence-electron chi connectivity index (χ1n) is 8.08. The number of esters is 1. The molecule has 0 saturated carbocycles. The number of methoxy groups -OCH3 is 2. The van der Waals surface area contributed by atoms with Crippen molar-refractivity contribution in [1.29, 1.82) is 0 Å². The van der Waals surface area contributed by atoms with Crippen LogP contribution in [0, 0.1) is 11.8 Å². The minimum atomic E-state index is -1.10. The van der Waals surface area contributed by atoms with Crippen LogP contribution in [-0.2, 0) is 20.9 Å². The maximum absolute atomic E-state index is 12.6. The summed E-state index contributed by atoms with van der Waals surface area (Å²) in [6, 6.07) is 5.41. The van der Waals surface area contributed by atoms with Crippen LogP contribution >= 0.6 is 0 Å². The SMILES string of the molecule is CC[C@H](C)[C@H]1C(=O)O[C@]1(C)C(=O)NCc1cc(OC)cc(OC)c1. The van der Waals surface area contributed by atoms with E-state index in [2.05, 4.69) is 5.32 Å². The van der Waals surface area contributed by atoms with Crippen LogP contribution in [0.4, 0.5) is 0 Å². The summed E-state index contributed by atoms with van der Waals surface area (Å²) in [5.41, 5.74) is -0.260. The van der Waals surface area contributed by atoms with Crippen LogP contribution in [0.3, 0.4) is 0 Å². The van der Waals surface area contributed by atoms with E-state index in [0.29, 0.717) is 18.0 Å². The molecule has 1 aliphatic rings. The van der Waals surface area contributed by atoms with Crippen LogP contribution < -0.4 is 14.8 Å². The highest BCUT2D eigenvalue weighted by Crippen LogP contribution is 2.40. The summed E-state index contributed by atoms with van der Waals surface area (Å²) in [6.07, 6.45) is 0.815. The second-order valence-electron chi connectivity index (χ2n) is 6.29. The van der Waals surface area contributed by atoms with Crippen molar-refractivity contribution in [1.82, 2.24) is 5.32 Å². The third kappa shape index (κ3) is 3.32. The second-order valence-corrected chi connectivity index (χ2v) is 6.29. The van der Waals surface area contributed by atoms with Crippen molar-refractivity contribution < 1.29 is 23.8 Å². The Kier molecular flexibility index (Phi) is 5.36. The molecule has 0 radical (unpaired) electrons. The summed E-state index contributed by atoms with van der Waals surface area (Å²) in [6.45, 7) is 5.93. The van der Waals surface area contributed by atoms with Crippen LogP contribution in [0.15, 0.2) is 18.2 Å². The van der Waals surface area contributed by atoms with Crippen molar-refractivity contribution in [2.45, 2.75) is 39.3 Å². The zero-order chi connectivity index (χ0) is 17.9. The van der Waals surface area contributed by atoms with E-state index in [9.17, 15) is 9.59 Å². The van der Waals surface area contributed by atoms with Gasteiger partial charge < -0.3 is 19.5 Å². The number of rotatable bonds is 7. The third-order valence-electron chi connectivity index (χ3n) is 4.69. The summed E-state index contributed by atoms with van der Waals surface area (Å²) < 4.78 is 15.6. The van der Waals surface area contributed by atoms with Gasteiger partial charge in [-0.2, -0.15) is 0 Å². The highest BCUT2D eigenvalue weighted by molar-refractivity contribution is 5.98. The van der Waals surface area contributed by atoms with Gasteiger partial charge in [0.1, 0.15) is 17.4 Å². The van der Waals surface area contributed by atoms with Gasteiger partial charge in [-0.05, 0) is 30.5 Å². The molecule has 1 fully saturated rings. The van der Waals surface area contributed by atoms with E-state index in [-0.39, 0.29) is 17.8 Å². The van der Waals surface area contributed by atoms with Crippen molar-refractivity contribution in [2.24, 2.45) is 11.8 Å². The average molecular weight is 335 g/mol. The van der Waals surface area contributed by atoms with Crippen LogP contribution in [0.5, 0.6) is 11.5 Å². The predicted molar refractivity (Wildman–Crippen MR) is 88.8 cm³/mol. The first kappa shape index (κ1) is 18.1. The fourth-order valence-corrected chi connectivity index (χ4v) is 3.03. The van der Waals surface area contributed by atoms with Gasteiger partial charge in [-0.1, -0.05) is 20.3 Å². The molecule has 6 heteroatoms. The summed E-state index contributed by atoms with van der Waals surface area (Å²) in [5.74, 6) is 0.412. The maximum atomic E-state index is 12.6. The van der Waals surface area contributed by atoms with Crippen LogP contribution in [0.25, 0.3) is 0 Å². The number of nitrogens with one attached hydrogen (secondary N) is 1. The molecule has 0 spiro atoms. The zero-order valence-corrected chi connectivity index (χ0v) is 14.8. The molecule has 0 unspecified atom stereocenters. The van der Waals surface area contributed by atoms with Gasteiger partial charge in [-0.25, -0.2) is 0 Å². The van der Waals surface area contributed by atoms with Gasteiger partial charge >= 0.3 is 5.97 Å². The number of amides is 1. The molecule has 24 heavy (non-hydrogen) atoms. The topological polar surface area (TPSA) is 73.9 Å². The number of ether oxygens (including phenoxy) is 3. The average Bonchev–Trinajstić information content (AvgIpc) is 2.58. The molecule has 2 rings (SSSR count). The standard InChI is InChI=1S/C18H25NO5/c1-6-11(2)15-16(20)24-18(15,3)17(21)19-10-12-7-13(22-4)9-14(8-12)23-5/h7-9,11,15H,6,10H2,1-5H3,(H,19,21)/t11-,15-,18-/m0/s1. The van der Waals surface area contributed by atoms with Gasteiger partial charge in [0, 0.05) is 12.6 Å². The fourth-order valence-electron chi connectivity index (χ4n) is 3.03. The van der Waals surface area contributed by atoms with Crippen LogP contribution in [0.2, 0.25) is 0 Å². The Morgan fingerprint density at radius 3 is 2.33 bits per heavy atom. The lowest BCUT2D eigenvalue weighted by Gasteiger charge is -2.46. The quantitative estimate of drug-likeness (QED) is 0.774. The van der Waals surface area contributed by atoms with Crippen molar-refractivity contribution in [3.05, 3.63) is 23.8 Å². The van der Waals surface area contributed by atoms with E-state index in [1.165, 1.54) is 0 Å². The van der Waals surface area contributed by atoms with Gasteiger partial charge in [-0.3, -0.25) is 9.59 Å². The Balaban J connectivity index is 2.07. The lowest BCUT2D eigenvalue weighted by molar-refractivity contribution is -0.216. The molecule has 1 aromatic carbocycles. The molecule has 1 amide bonds. The van der Waals surface area contributed by atoms with Gasteiger partial charge in [0.05, 0.1) is 14.2 Å². The molecular formula is C18H25NO5. The first-order chi connectivity index (χ1) is 11.3. The number of benzene rings is 1. The molecule has 6 nitrogen and oxygen atoms in total. The molecule has 1 aliphatic heterocycles. The number of hydrogen-bond donors (Lipinski definition) is 1. The van der Waals surface area contributed by atoms with Crippen LogP contribution in [0.1, 0.15) is 32.8 Å². The largest absolute Gasteiger partial charge is 0.497 e. The smallest absolute Gasteiger partial charge is 0.314 e. The summed E-state index contributed by atoms with van der Waals surface area (Å²) in [5, 5.41) is 2.85. The van der Waals surface area contributed by atoms with Crippen molar-refractivity contribution >= 4 is 11.9 Å². The predicted octanol–water partition coefficient (Wildman–Crippen LogP) is 2.30. The number of hydrogen-bond acceptors (Lipinski definition) is 5. The third-order valence-corrected chi connectivity index (χ3v) is 4.69. The number of carbonyl (C=O) groups excluding carboxylic acids is 2. The van der Waals surface area contributed by atoms with Gasteiger partial charge in [0.2, 0.25) is 5.60 Å². The van der Waals surface area contributed by atoms with Crippen molar-refractivity contribution in [3.63, 3.8) is 0 Å². The van der Waals surface area contributed by atoms with Crippen molar-refractivity contribution in [3.8, 4) is 11.5 Å². The molecule has 1 aromatic rings. The van der Waals surface area contributed by atoms with E-state index >= 15 is 0 Å². The monoisotopic (exact) mass is 335 g/mol. The lowest BCUT2D eigenvalue weighted by Crippen LogP contribution is -2.65. The summed E-state index contributed by atoms with van der Waals surface area (Å²) in [4.78, 5) is 24.3. The number of cyclic esters (lactones) is 1. The molecule has 132 valence electrons. The molecule has 0 aromatic heterocycles. The molecule has 3 atom stereocenters. The van der Waals surface area contributed by atoms with E-state index in [1.807, 2.05) is 26.0 Å². The first-order valence-corrected chi connectivity index (χ1v) is 8.08. The minimum Gasteiger partial charge on any atom is -0.497 e. The normalized spacial score (nSPS) is 23.7. The number of carbonyl (C=O) groups is 2. The second kappa shape index (κ2) is 7.11. The molecule has 0 bridgehead atoms. The van der Waals surface area contributed by atoms with E-state index in [4.69, 9.17) is 14.2 Å². The van der Waals surface area contributed by atoms with Gasteiger partial charge in [0.15, 0.2) is 0 Å². The summed E-state index contributed by atoms with van der Waals surface area (Å²) >= 11 is 0. The van der Waals surface area contributed by atoms with Gasteiger partial charge in [-0.15, -0.1) is 0 Å². The Bertz CT molecular complexity index is 608. The molecule has 0 aliphatic carbocycles. The van der Waals surface area contributed by atoms with E-state index in [1.54, 1.807) is 27.2 Å².